The smallest absolute Gasteiger partial charge is 1.00 e. The van der Waals surface area contributed by atoms with Crippen LogP contribution < -0.4 is 0 Å². The predicted molar refractivity (Wildman–Crippen MR) is 27.3 cm³/mol. The van der Waals surface area contributed by atoms with Crippen molar-refractivity contribution in [3.63, 3.8) is 0 Å². The molecule has 3 nitrogen and oxygen atoms in total. The van der Waals surface area contributed by atoms with Gasteiger partial charge >= 0.3 is 43.7 Å². The zero-order chi connectivity index (χ0) is 4.99. The Bertz CT molecular complexity index is 61.0. The quantitative estimate of drug-likeness (QED) is 0.488. The molecule has 2 N–H and O–H groups in total. The number of aliphatic carboxylic acids is 1. The molecule has 0 unspecified atom stereocenters. The van der Waals surface area contributed by atoms with E-state index in [4.69, 9.17) is 10.2 Å². The Labute approximate surface area is 74.3 Å². The summed E-state index contributed by atoms with van der Waals surface area (Å²) in [6.45, 7) is -0.269. The second-order valence-electron chi connectivity index (χ2n) is 0.867. The minimum absolute atomic E-state index is 0. The van der Waals surface area contributed by atoms with Crippen molar-refractivity contribution < 1.29 is 17.9 Å². The molecule has 0 bridgehead atoms. The van der Waals surface area contributed by atoms with Crippen molar-refractivity contribution in [1.29, 1.82) is 0 Å². The van der Waals surface area contributed by atoms with Gasteiger partial charge in [-0.25, -0.2) is 0 Å². The normalized spacial score (nSPS) is 7.00. The van der Waals surface area contributed by atoms with Crippen LogP contribution in [0.5, 0.6) is 0 Å². The van der Waals surface area contributed by atoms with Crippen molar-refractivity contribution in [2.75, 3.05) is 6.61 Å². The first-order valence-corrected chi connectivity index (χ1v) is 1.60. The fourth-order valence-electron chi connectivity index (χ4n) is 0.0956. The van der Waals surface area contributed by atoms with Gasteiger partial charge in [0.25, 0.3) is 0 Å². The van der Waals surface area contributed by atoms with Gasteiger partial charge in [0, 0.05) is 0 Å². The summed E-state index contributed by atoms with van der Waals surface area (Å²) in [5, 5.41) is 15.6. The third-order valence-electron chi connectivity index (χ3n) is 0.326. The fourth-order valence-corrected chi connectivity index (χ4v) is 0.0956. The molecule has 0 fully saturated rings. The van der Waals surface area contributed by atoms with E-state index in [9.17, 15) is 4.79 Å². The number of aliphatic hydroxyl groups is 1. The molecule has 0 aliphatic carbocycles. The largest absolute Gasteiger partial charge is 2.00 e. The van der Waals surface area contributed by atoms with Crippen LogP contribution in [-0.4, -0.2) is 60.5 Å². The molecular formula is C3H8CaO3. The van der Waals surface area contributed by atoms with Gasteiger partial charge in [0.05, 0.1) is 13.0 Å². The van der Waals surface area contributed by atoms with E-state index < -0.39 is 5.97 Å². The van der Waals surface area contributed by atoms with E-state index in [0.717, 1.165) is 0 Å². The average molecular weight is 132 g/mol. The number of carbonyl (C=O) groups is 1. The third kappa shape index (κ3) is 10.8. The Balaban J connectivity index is -0.0000000417. The van der Waals surface area contributed by atoms with Crippen LogP contribution in [0.25, 0.3) is 0 Å². The van der Waals surface area contributed by atoms with Crippen LogP contribution in [0, 0.1) is 0 Å². The standard InChI is InChI=1S/C3H6O3.Ca.2H/c4-2-1-3(5)6;;;/h4H,1-2H2,(H,5,6);;;/q;+2;2*-1. The van der Waals surface area contributed by atoms with Gasteiger partial charge in [-0.1, -0.05) is 0 Å². The Hall–Kier alpha value is 0.690. The van der Waals surface area contributed by atoms with Crippen molar-refractivity contribution in [2.45, 2.75) is 6.42 Å². The second-order valence-corrected chi connectivity index (χ2v) is 0.867. The topological polar surface area (TPSA) is 57.5 Å². The molecule has 0 aromatic rings. The molecule has 0 aromatic carbocycles. The van der Waals surface area contributed by atoms with Gasteiger partial charge in [-0.15, -0.1) is 0 Å². The zero-order valence-electron chi connectivity index (χ0n) is 5.92. The number of hydrogen-bond acceptors (Lipinski definition) is 2. The van der Waals surface area contributed by atoms with Gasteiger partial charge in [0.2, 0.25) is 0 Å². The summed E-state index contributed by atoms with van der Waals surface area (Å²) in [5.41, 5.74) is 0. The molecule has 0 amide bonds. The van der Waals surface area contributed by atoms with Crippen LogP contribution in [0.15, 0.2) is 0 Å². The van der Waals surface area contributed by atoms with Gasteiger partial charge in [-0.05, 0) is 0 Å². The Morgan fingerprint density at radius 1 is 1.71 bits per heavy atom. The van der Waals surface area contributed by atoms with E-state index >= 15 is 0 Å². The molecule has 0 rings (SSSR count). The molecule has 0 saturated carbocycles. The number of rotatable bonds is 2. The van der Waals surface area contributed by atoms with Crippen molar-refractivity contribution in [2.24, 2.45) is 0 Å². The maximum absolute atomic E-state index is 9.44. The number of hydrogen-bond donors (Lipinski definition) is 2. The molecular weight excluding hydrogens is 124 g/mol. The summed E-state index contributed by atoms with van der Waals surface area (Å²) in [4.78, 5) is 9.44. The van der Waals surface area contributed by atoms with E-state index in [2.05, 4.69) is 0 Å². The maximum atomic E-state index is 9.44. The molecule has 7 heavy (non-hydrogen) atoms. The monoisotopic (exact) mass is 132 g/mol. The third-order valence-corrected chi connectivity index (χ3v) is 0.326. The van der Waals surface area contributed by atoms with Gasteiger partial charge in [-0.2, -0.15) is 0 Å². The van der Waals surface area contributed by atoms with Crippen molar-refractivity contribution in [1.82, 2.24) is 0 Å². The molecule has 0 aromatic heterocycles. The summed E-state index contributed by atoms with van der Waals surface area (Å²) in [6.07, 6.45) is -0.153. The number of carboxylic acid groups (broad SMARTS) is 1. The second kappa shape index (κ2) is 6.69. The van der Waals surface area contributed by atoms with Crippen molar-refractivity contribution in [3.8, 4) is 0 Å². The summed E-state index contributed by atoms with van der Waals surface area (Å²) in [5.74, 6) is -0.961. The van der Waals surface area contributed by atoms with Gasteiger partial charge in [0.1, 0.15) is 0 Å². The summed E-state index contributed by atoms with van der Waals surface area (Å²) in [7, 11) is 0. The zero-order valence-corrected chi connectivity index (χ0v) is 6.13. The van der Waals surface area contributed by atoms with Gasteiger partial charge in [-0.3, -0.25) is 4.79 Å². The van der Waals surface area contributed by atoms with Crippen LogP contribution in [0.4, 0.5) is 0 Å². The van der Waals surface area contributed by atoms with E-state index in [1.54, 1.807) is 0 Å². The SMILES string of the molecule is O=C(O)CCO.[Ca+2].[H-].[H-]. The first-order chi connectivity index (χ1) is 2.77. The van der Waals surface area contributed by atoms with E-state index in [0.29, 0.717) is 0 Å². The minimum atomic E-state index is -0.961. The Kier molecular flexibility index (Phi) is 10.2. The van der Waals surface area contributed by atoms with E-state index in [1.807, 2.05) is 0 Å². The number of carboxylic acids is 1. The van der Waals surface area contributed by atoms with Crippen LogP contribution in [-0.2, 0) is 4.79 Å². The van der Waals surface area contributed by atoms with Crippen LogP contribution in [0.3, 0.4) is 0 Å². The molecule has 0 heterocycles. The summed E-state index contributed by atoms with van der Waals surface area (Å²) in [6, 6.07) is 0. The fraction of sp³-hybridized carbons (Fsp3) is 0.667. The number of aliphatic hydroxyl groups excluding tert-OH is 1. The molecule has 40 valence electrons. The Morgan fingerprint density at radius 3 is 2.14 bits per heavy atom. The minimum Gasteiger partial charge on any atom is -1.00 e. The summed E-state index contributed by atoms with van der Waals surface area (Å²) < 4.78 is 0. The summed E-state index contributed by atoms with van der Waals surface area (Å²) >= 11 is 0. The molecule has 4 heteroatoms. The molecule has 0 aliphatic heterocycles. The molecule has 0 saturated heterocycles. The molecule has 0 spiro atoms. The van der Waals surface area contributed by atoms with Gasteiger partial charge < -0.3 is 13.1 Å². The molecule has 0 radical (unpaired) electrons. The van der Waals surface area contributed by atoms with Crippen molar-refractivity contribution in [3.05, 3.63) is 0 Å². The van der Waals surface area contributed by atoms with E-state index in [1.165, 1.54) is 0 Å². The van der Waals surface area contributed by atoms with Crippen LogP contribution in [0.1, 0.15) is 9.27 Å². The van der Waals surface area contributed by atoms with Gasteiger partial charge in [0.15, 0.2) is 0 Å². The van der Waals surface area contributed by atoms with Crippen LogP contribution in [0.2, 0.25) is 0 Å². The first-order valence-electron chi connectivity index (χ1n) is 1.60. The molecule has 0 atom stereocenters. The van der Waals surface area contributed by atoms with Crippen LogP contribution >= 0.6 is 0 Å². The van der Waals surface area contributed by atoms with Crippen molar-refractivity contribution >= 4 is 43.7 Å². The predicted octanol–water partition coefficient (Wildman–Crippen LogP) is -0.702. The van der Waals surface area contributed by atoms with E-state index in [-0.39, 0.29) is 53.6 Å². The molecule has 0 aliphatic rings. The average Bonchev–Trinajstić information content (AvgIpc) is 1.35. The Morgan fingerprint density at radius 2 is 2.14 bits per heavy atom. The first kappa shape index (κ1) is 10.6. The maximum Gasteiger partial charge on any atom is 2.00 e.